The normalized spacial score (nSPS) is 34.4. The fourth-order valence-corrected chi connectivity index (χ4v) is 7.40. The molecule has 3 aliphatic heterocycles. The van der Waals surface area contributed by atoms with E-state index in [0.717, 1.165) is 6.42 Å². The van der Waals surface area contributed by atoms with E-state index in [9.17, 15) is 19.5 Å². The van der Waals surface area contributed by atoms with Crippen LogP contribution in [0.5, 0.6) is 0 Å². The molecule has 2 N–H and O–H groups in total. The molecule has 188 valence electrons. The molecular weight excluding hydrogens is 492 g/mol. The predicted octanol–water partition coefficient (Wildman–Crippen LogP) is 2.40. The lowest BCUT2D eigenvalue weighted by Gasteiger charge is -2.40. The number of carbonyl (C=O) groups excluding carboxylic acids is 3. The second kappa shape index (κ2) is 9.11. The molecule has 0 saturated carbocycles. The van der Waals surface area contributed by atoms with Crippen molar-refractivity contribution in [2.24, 2.45) is 17.3 Å². The number of nitrogens with one attached hydrogen (secondary N) is 1. The fourth-order valence-electron chi connectivity index (χ4n) is 6.45. The zero-order valence-corrected chi connectivity index (χ0v) is 22.4. The number of alkyl halides is 1. The highest BCUT2D eigenvalue weighted by Gasteiger charge is 2.77. The van der Waals surface area contributed by atoms with Crippen LogP contribution in [-0.4, -0.2) is 75.2 Å². The molecule has 3 rings (SSSR count). The number of amides is 2. The second-order valence-electron chi connectivity index (χ2n) is 11.5. The summed E-state index contributed by atoms with van der Waals surface area (Å²) in [5.74, 6) is -2.69. The van der Waals surface area contributed by atoms with Crippen molar-refractivity contribution in [2.75, 3.05) is 13.2 Å². The average Bonchev–Trinajstić information content (AvgIpc) is 3.24. The van der Waals surface area contributed by atoms with Crippen molar-refractivity contribution in [2.45, 2.75) is 102 Å². The van der Waals surface area contributed by atoms with Gasteiger partial charge in [-0.3, -0.25) is 14.4 Å². The molecule has 2 amide bonds. The van der Waals surface area contributed by atoms with Gasteiger partial charge in [-0.25, -0.2) is 0 Å². The minimum Gasteiger partial charge on any atom is -0.466 e. The van der Waals surface area contributed by atoms with E-state index < -0.39 is 47.1 Å². The Morgan fingerprint density at radius 2 is 1.94 bits per heavy atom. The molecule has 3 aliphatic rings. The number of carbonyl (C=O) groups is 3. The second-order valence-corrected chi connectivity index (χ2v) is 12.7. The number of rotatable bonds is 8. The summed E-state index contributed by atoms with van der Waals surface area (Å²) in [6.07, 6.45) is 1.11. The first-order chi connectivity index (χ1) is 15.2. The molecule has 0 aromatic carbocycles. The van der Waals surface area contributed by atoms with Crippen LogP contribution in [0.3, 0.4) is 0 Å². The SMILES string of the molecule is CCOC(=O)[C@H]1[C@H]2C(=O)N([C@@H](CC)CO)C(C(=O)NC(C)(C)CC(C)(C)C)C23CC(Br)[C@@H]1O3. The number of aliphatic hydroxyl groups excluding tert-OH is 1. The van der Waals surface area contributed by atoms with Gasteiger partial charge in [-0.15, -0.1) is 0 Å². The summed E-state index contributed by atoms with van der Waals surface area (Å²) >= 11 is 3.63. The van der Waals surface area contributed by atoms with E-state index >= 15 is 0 Å². The molecule has 0 aromatic rings. The van der Waals surface area contributed by atoms with Gasteiger partial charge in [0.2, 0.25) is 11.8 Å². The van der Waals surface area contributed by atoms with Gasteiger partial charge in [0.25, 0.3) is 0 Å². The Balaban J connectivity index is 2.04. The summed E-state index contributed by atoms with van der Waals surface area (Å²) in [6.45, 7) is 13.8. The number of aliphatic hydroxyl groups is 1. The summed E-state index contributed by atoms with van der Waals surface area (Å²) in [5.41, 5.74) is -1.68. The van der Waals surface area contributed by atoms with E-state index in [-0.39, 0.29) is 35.3 Å². The number of hydrogen-bond donors (Lipinski definition) is 2. The van der Waals surface area contributed by atoms with E-state index in [0.29, 0.717) is 12.8 Å². The van der Waals surface area contributed by atoms with Crippen molar-refractivity contribution in [3.63, 3.8) is 0 Å². The summed E-state index contributed by atoms with van der Waals surface area (Å²) in [7, 11) is 0. The van der Waals surface area contributed by atoms with Gasteiger partial charge in [0.15, 0.2) is 0 Å². The summed E-state index contributed by atoms with van der Waals surface area (Å²) in [5, 5.41) is 13.2. The smallest absolute Gasteiger partial charge is 0.312 e. The molecule has 0 aliphatic carbocycles. The van der Waals surface area contributed by atoms with E-state index in [1.165, 1.54) is 4.90 Å². The number of hydrogen-bond acceptors (Lipinski definition) is 6. The van der Waals surface area contributed by atoms with Crippen LogP contribution in [0.1, 0.15) is 67.7 Å². The van der Waals surface area contributed by atoms with Gasteiger partial charge in [0.1, 0.15) is 11.6 Å². The van der Waals surface area contributed by atoms with Crippen LogP contribution in [0.15, 0.2) is 0 Å². The Hall–Kier alpha value is -1.19. The van der Waals surface area contributed by atoms with Crippen molar-refractivity contribution in [3.05, 3.63) is 0 Å². The molecule has 3 unspecified atom stereocenters. The Bertz CT molecular complexity index is 792. The van der Waals surface area contributed by atoms with Crippen molar-refractivity contribution in [3.8, 4) is 0 Å². The summed E-state index contributed by atoms with van der Waals surface area (Å²) in [6, 6.07) is -1.48. The highest BCUT2D eigenvalue weighted by molar-refractivity contribution is 9.09. The Morgan fingerprint density at radius 3 is 2.45 bits per heavy atom. The number of likely N-dealkylation sites (tertiary alicyclic amines) is 1. The topological polar surface area (TPSA) is 105 Å². The van der Waals surface area contributed by atoms with Crippen molar-refractivity contribution in [1.29, 1.82) is 0 Å². The molecule has 0 aromatic heterocycles. The molecule has 3 fully saturated rings. The van der Waals surface area contributed by atoms with Gasteiger partial charge in [0.05, 0.1) is 37.2 Å². The van der Waals surface area contributed by atoms with E-state index in [2.05, 4.69) is 42.0 Å². The first-order valence-corrected chi connectivity index (χ1v) is 12.9. The number of nitrogens with zero attached hydrogens (tertiary/aromatic N) is 1. The first-order valence-electron chi connectivity index (χ1n) is 12.0. The van der Waals surface area contributed by atoms with Gasteiger partial charge < -0.3 is 24.8 Å². The van der Waals surface area contributed by atoms with Crippen molar-refractivity contribution < 1.29 is 29.0 Å². The predicted molar refractivity (Wildman–Crippen MR) is 127 cm³/mol. The highest BCUT2D eigenvalue weighted by Crippen LogP contribution is 2.60. The lowest BCUT2D eigenvalue weighted by Crippen LogP contribution is -2.61. The lowest BCUT2D eigenvalue weighted by atomic mass is 9.70. The maximum absolute atomic E-state index is 13.9. The quantitative estimate of drug-likeness (QED) is 0.368. The van der Waals surface area contributed by atoms with E-state index in [1.54, 1.807) is 6.92 Å². The molecule has 33 heavy (non-hydrogen) atoms. The number of ether oxygens (including phenoxy) is 2. The molecule has 3 saturated heterocycles. The minimum atomic E-state index is -1.14. The maximum Gasteiger partial charge on any atom is 0.312 e. The van der Waals surface area contributed by atoms with Crippen LogP contribution in [-0.2, 0) is 23.9 Å². The third-order valence-electron chi connectivity index (χ3n) is 7.04. The van der Waals surface area contributed by atoms with Gasteiger partial charge in [-0.1, -0.05) is 43.6 Å². The minimum absolute atomic E-state index is 0.0158. The molecular formula is C24H39BrN2O6. The van der Waals surface area contributed by atoms with E-state index in [1.807, 2.05) is 20.8 Å². The monoisotopic (exact) mass is 530 g/mol. The van der Waals surface area contributed by atoms with Crippen LogP contribution in [0.4, 0.5) is 0 Å². The number of esters is 1. The van der Waals surface area contributed by atoms with Crippen LogP contribution in [0.25, 0.3) is 0 Å². The standard InChI is InChI=1S/C24H39BrN2O6/c1-8-13(11-28)27-18(19(29)26-23(6,7)12-22(3,4)5)24-10-14(25)17(33-24)15(16(24)20(27)30)21(31)32-9-2/h13-18,28H,8-12H2,1-7H3,(H,26,29)/t13-,14?,15-,16-,17-,18?,24?/m0/s1. The highest BCUT2D eigenvalue weighted by atomic mass is 79.9. The van der Waals surface area contributed by atoms with Crippen molar-refractivity contribution >= 4 is 33.7 Å². The van der Waals surface area contributed by atoms with Crippen LogP contribution in [0.2, 0.25) is 0 Å². The number of halogens is 1. The Labute approximate surface area is 205 Å². The summed E-state index contributed by atoms with van der Waals surface area (Å²) in [4.78, 5) is 41.9. The first kappa shape index (κ1) is 26.4. The molecule has 9 heteroatoms. The maximum atomic E-state index is 13.9. The Kier molecular flexibility index (Phi) is 7.30. The van der Waals surface area contributed by atoms with Gasteiger partial charge in [-0.2, -0.15) is 0 Å². The fraction of sp³-hybridized carbons (Fsp3) is 0.875. The average molecular weight is 531 g/mol. The number of fused-ring (bicyclic) bond motifs is 1. The molecule has 8 nitrogen and oxygen atoms in total. The largest absolute Gasteiger partial charge is 0.466 e. The molecule has 7 atom stereocenters. The third-order valence-corrected chi connectivity index (χ3v) is 7.89. The third kappa shape index (κ3) is 4.57. The van der Waals surface area contributed by atoms with Gasteiger partial charge in [0, 0.05) is 10.4 Å². The molecule has 3 heterocycles. The van der Waals surface area contributed by atoms with Crippen LogP contribution in [0, 0.1) is 17.3 Å². The van der Waals surface area contributed by atoms with Crippen LogP contribution < -0.4 is 5.32 Å². The van der Waals surface area contributed by atoms with Crippen molar-refractivity contribution in [1.82, 2.24) is 10.2 Å². The zero-order chi connectivity index (χ0) is 24.9. The van der Waals surface area contributed by atoms with E-state index in [4.69, 9.17) is 9.47 Å². The molecule has 2 bridgehead atoms. The van der Waals surface area contributed by atoms with Crippen LogP contribution >= 0.6 is 15.9 Å². The molecule has 0 radical (unpaired) electrons. The molecule has 1 spiro atoms. The zero-order valence-electron chi connectivity index (χ0n) is 20.8. The lowest BCUT2D eigenvalue weighted by molar-refractivity contribution is -0.155. The Morgan fingerprint density at radius 1 is 1.30 bits per heavy atom. The van der Waals surface area contributed by atoms with Gasteiger partial charge in [-0.05, 0) is 45.4 Å². The summed E-state index contributed by atoms with van der Waals surface area (Å²) < 4.78 is 11.7. The van der Waals surface area contributed by atoms with Gasteiger partial charge >= 0.3 is 5.97 Å².